The Morgan fingerprint density at radius 1 is 1.00 bits per heavy atom. The molecule has 244 valence electrons. The Balaban J connectivity index is 1.55. The normalized spacial score (nSPS) is 15.2. The van der Waals surface area contributed by atoms with Crippen LogP contribution in [0.3, 0.4) is 0 Å². The number of halogens is 4. The highest BCUT2D eigenvalue weighted by Gasteiger charge is 2.26. The fraction of sp³-hybridized carbons (Fsp3) is 0.273. The first-order valence-corrected chi connectivity index (χ1v) is 16.2. The monoisotopic (exact) mass is 716 g/mol. The Kier molecular flexibility index (Phi) is 9.17. The van der Waals surface area contributed by atoms with Gasteiger partial charge in [0.25, 0.3) is 5.56 Å². The summed E-state index contributed by atoms with van der Waals surface area (Å²) in [5.41, 5.74) is 0.227. The van der Waals surface area contributed by atoms with Crippen molar-refractivity contribution in [3.63, 3.8) is 0 Å². The maximum absolute atomic E-state index is 13.6. The summed E-state index contributed by atoms with van der Waals surface area (Å²) in [6, 6.07) is 10.8. The minimum atomic E-state index is -0.845. The van der Waals surface area contributed by atoms with Crippen molar-refractivity contribution in [3.05, 3.63) is 84.7 Å². The van der Waals surface area contributed by atoms with Crippen molar-refractivity contribution in [2.24, 2.45) is 0 Å². The molecule has 6 rings (SSSR count). The molecule has 5 aromatic rings. The summed E-state index contributed by atoms with van der Waals surface area (Å²) in [6.07, 6.45) is 3.39. The van der Waals surface area contributed by atoms with Gasteiger partial charge in [0.2, 0.25) is 0 Å². The number of aromatic nitrogens is 3. The Morgan fingerprint density at radius 2 is 1.74 bits per heavy atom. The molecule has 2 aromatic heterocycles. The van der Waals surface area contributed by atoms with Crippen LogP contribution in [-0.2, 0) is 9.47 Å². The second-order valence-corrected chi connectivity index (χ2v) is 13.6. The van der Waals surface area contributed by atoms with E-state index in [4.69, 9.17) is 65.7 Å². The molecule has 1 unspecified atom stereocenters. The van der Waals surface area contributed by atoms with Gasteiger partial charge in [-0.05, 0) is 82.0 Å². The number of ether oxygens (including phenoxy) is 3. The number of H-pyrrole nitrogens is 1. The van der Waals surface area contributed by atoms with Crippen LogP contribution in [0.25, 0.3) is 32.9 Å². The van der Waals surface area contributed by atoms with Crippen molar-refractivity contribution in [1.29, 1.82) is 0 Å². The molecule has 0 radical (unpaired) electrons. The molecule has 1 fully saturated rings. The number of anilines is 1. The molecule has 10 nitrogen and oxygen atoms in total. The van der Waals surface area contributed by atoms with Gasteiger partial charge in [0.15, 0.2) is 5.75 Å². The van der Waals surface area contributed by atoms with E-state index in [1.807, 2.05) is 0 Å². The third-order valence-electron chi connectivity index (χ3n) is 7.40. The highest BCUT2D eigenvalue weighted by Crippen LogP contribution is 2.41. The number of carbonyl (C=O) groups is 2. The SMILES string of the molecule is CC(C)(C)OC(=O)Nc1c(-c2ccc(Cl)c3nn(C4CCCCO4)cc23)c2cc(C(=O)Oc3c(Cl)cc(Cl)cc3Cl)ccc2[nH]c1=O. The minimum Gasteiger partial charge on any atom is -0.444 e. The van der Waals surface area contributed by atoms with Crippen LogP contribution < -0.4 is 15.6 Å². The fourth-order valence-corrected chi connectivity index (χ4v) is 6.49. The molecular formula is C33H28Cl4N4O6. The minimum absolute atomic E-state index is 0.0491. The van der Waals surface area contributed by atoms with Crippen LogP contribution in [0.5, 0.6) is 5.75 Å². The molecule has 1 amide bonds. The number of hydrogen-bond donors (Lipinski definition) is 2. The lowest BCUT2D eigenvalue weighted by Crippen LogP contribution is -2.29. The van der Waals surface area contributed by atoms with Crippen molar-refractivity contribution in [1.82, 2.24) is 14.8 Å². The van der Waals surface area contributed by atoms with Gasteiger partial charge in [-0.15, -0.1) is 0 Å². The average molecular weight is 718 g/mol. The van der Waals surface area contributed by atoms with Crippen LogP contribution in [0.1, 0.15) is 56.6 Å². The Bertz CT molecular complexity index is 2090. The van der Waals surface area contributed by atoms with Gasteiger partial charge in [-0.2, -0.15) is 5.10 Å². The molecule has 3 heterocycles. The van der Waals surface area contributed by atoms with Gasteiger partial charge in [0.05, 0.1) is 20.6 Å². The predicted octanol–water partition coefficient (Wildman–Crippen LogP) is 9.42. The third-order valence-corrected chi connectivity index (χ3v) is 8.48. The fourth-order valence-electron chi connectivity index (χ4n) is 5.39. The van der Waals surface area contributed by atoms with E-state index in [2.05, 4.69) is 10.3 Å². The third kappa shape index (κ3) is 6.93. The molecule has 0 saturated carbocycles. The number of aromatic amines is 1. The molecule has 0 bridgehead atoms. The van der Waals surface area contributed by atoms with E-state index in [1.165, 1.54) is 24.3 Å². The van der Waals surface area contributed by atoms with Gasteiger partial charge >= 0.3 is 12.1 Å². The lowest BCUT2D eigenvalue weighted by molar-refractivity contribution is -0.0390. The van der Waals surface area contributed by atoms with E-state index in [-0.39, 0.29) is 38.3 Å². The molecule has 0 spiro atoms. The smallest absolute Gasteiger partial charge is 0.412 e. The van der Waals surface area contributed by atoms with Crippen molar-refractivity contribution < 1.29 is 23.8 Å². The zero-order valence-corrected chi connectivity index (χ0v) is 28.4. The second-order valence-electron chi connectivity index (χ2n) is 12.0. The Hall–Kier alpha value is -3.80. The maximum Gasteiger partial charge on any atom is 0.412 e. The molecule has 0 aliphatic carbocycles. The number of esters is 1. The zero-order chi connectivity index (χ0) is 33.6. The number of hydrogen-bond acceptors (Lipinski definition) is 7. The van der Waals surface area contributed by atoms with Gasteiger partial charge < -0.3 is 19.2 Å². The molecular weight excluding hydrogens is 690 g/mol. The number of carbonyl (C=O) groups excluding carboxylic acids is 2. The zero-order valence-electron chi connectivity index (χ0n) is 25.4. The van der Waals surface area contributed by atoms with Crippen molar-refractivity contribution >= 4 is 86.0 Å². The number of fused-ring (bicyclic) bond motifs is 2. The summed E-state index contributed by atoms with van der Waals surface area (Å²) in [5.74, 6) is -0.839. The topological polar surface area (TPSA) is 125 Å². The van der Waals surface area contributed by atoms with E-state index in [0.717, 1.165) is 19.3 Å². The van der Waals surface area contributed by atoms with Crippen LogP contribution in [0, 0.1) is 0 Å². The van der Waals surface area contributed by atoms with Gasteiger partial charge in [-0.25, -0.2) is 14.3 Å². The van der Waals surface area contributed by atoms with E-state index in [0.29, 0.717) is 44.6 Å². The second kappa shape index (κ2) is 13.0. The first-order chi connectivity index (χ1) is 22.3. The van der Waals surface area contributed by atoms with Crippen molar-refractivity contribution in [2.75, 3.05) is 11.9 Å². The number of pyridine rings is 1. The van der Waals surface area contributed by atoms with E-state index < -0.39 is 23.2 Å². The van der Waals surface area contributed by atoms with Crippen LogP contribution in [-0.4, -0.2) is 39.0 Å². The first kappa shape index (κ1) is 33.1. The van der Waals surface area contributed by atoms with Gasteiger partial charge in [-0.1, -0.05) is 52.5 Å². The number of benzene rings is 3. The summed E-state index contributed by atoms with van der Waals surface area (Å²) < 4.78 is 18.7. The van der Waals surface area contributed by atoms with Gasteiger partial charge in [0, 0.05) is 39.7 Å². The first-order valence-electron chi connectivity index (χ1n) is 14.6. The Labute approximate surface area is 288 Å². The molecule has 1 aliphatic rings. The molecule has 1 saturated heterocycles. The van der Waals surface area contributed by atoms with E-state index >= 15 is 0 Å². The van der Waals surface area contributed by atoms with Crippen LogP contribution >= 0.6 is 46.4 Å². The summed E-state index contributed by atoms with van der Waals surface area (Å²) in [4.78, 5) is 42.9. The standard InChI is InChI=1S/C33H28Cl4N4O6/c1-33(2,3)47-32(44)39-28-26(18-8-9-21(35)27-20(18)15-41(40-27)25-6-4-5-11-45-25)19-12-16(7-10-24(19)38-30(28)42)31(43)46-29-22(36)13-17(34)14-23(29)37/h7-10,12-15,25H,4-6,11H2,1-3H3,(H,38,42)(H,39,44). The highest BCUT2D eigenvalue weighted by atomic mass is 35.5. The largest absolute Gasteiger partial charge is 0.444 e. The Morgan fingerprint density at radius 3 is 2.43 bits per heavy atom. The summed E-state index contributed by atoms with van der Waals surface area (Å²) in [7, 11) is 0. The van der Waals surface area contributed by atoms with Gasteiger partial charge in [-0.3, -0.25) is 10.1 Å². The van der Waals surface area contributed by atoms with Crippen molar-refractivity contribution in [2.45, 2.75) is 51.9 Å². The highest BCUT2D eigenvalue weighted by molar-refractivity contribution is 6.40. The summed E-state index contributed by atoms with van der Waals surface area (Å²) >= 11 is 25.2. The lowest BCUT2D eigenvalue weighted by atomic mass is 9.95. The summed E-state index contributed by atoms with van der Waals surface area (Å²) in [6.45, 7) is 5.73. The van der Waals surface area contributed by atoms with E-state index in [1.54, 1.807) is 49.8 Å². The molecule has 1 atom stereocenters. The predicted molar refractivity (Wildman–Crippen MR) is 183 cm³/mol. The summed E-state index contributed by atoms with van der Waals surface area (Å²) in [5, 5.41) is 9.12. The quantitative estimate of drug-likeness (QED) is 0.137. The lowest BCUT2D eigenvalue weighted by Gasteiger charge is -2.22. The van der Waals surface area contributed by atoms with E-state index in [9.17, 15) is 14.4 Å². The van der Waals surface area contributed by atoms with Crippen LogP contribution in [0.15, 0.2) is 53.5 Å². The van der Waals surface area contributed by atoms with Crippen LogP contribution in [0.2, 0.25) is 20.1 Å². The molecule has 47 heavy (non-hydrogen) atoms. The molecule has 14 heteroatoms. The average Bonchev–Trinajstić information content (AvgIpc) is 3.46. The molecule has 2 N–H and O–H groups in total. The number of rotatable bonds is 5. The van der Waals surface area contributed by atoms with Crippen LogP contribution in [0.4, 0.5) is 10.5 Å². The molecule has 3 aromatic carbocycles. The van der Waals surface area contributed by atoms with Crippen molar-refractivity contribution in [3.8, 4) is 16.9 Å². The van der Waals surface area contributed by atoms with Gasteiger partial charge in [0.1, 0.15) is 23.0 Å². The maximum atomic E-state index is 13.6. The number of amides is 1. The number of nitrogens with one attached hydrogen (secondary N) is 2. The molecule has 1 aliphatic heterocycles. The number of nitrogens with zero attached hydrogens (tertiary/aromatic N) is 2.